The van der Waals surface area contributed by atoms with E-state index in [0.717, 1.165) is 67.5 Å². The van der Waals surface area contributed by atoms with Crippen LogP contribution in [0, 0.1) is 0 Å². The van der Waals surface area contributed by atoms with Crippen LogP contribution in [0.2, 0.25) is 0 Å². The smallest absolute Gasteiger partial charge is 0.121 e. The van der Waals surface area contributed by atoms with E-state index in [1.165, 1.54) is 15.8 Å². The van der Waals surface area contributed by atoms with E-state index in [1.54, 1.807) is 11.3 Å². The largest absolute Gasteiger partial charge is 0.491 e. The van der Waals surface area contributed by atoms with Crippen molar-refractivity contribution in [1.29, 1.82) is 0 Å². The van der Waals surface area contributed by atoms with Gasteiger partial charge in [0.2, 0.25) is 0 Å². The van der Waals surface area contributed by atoms with E-state index in [4.69, 9.17) is 4.74 Å². The van der Waals surface area contributed by atoms with Crippen LogP contribution in [0.5, 0.6) is 5.75 Å². The van der Waals surface area contributed by atoms with Gasteiger partial charge in [-0.05, 0) is 24.1 Å². The zero-order chi connectivity index (χ0) is 24.0. The summed E-state index contributed by atoms with van der Waals surface area (Å²) in [5, 5.41) is 19.2. The lowest BCUT2D eigenvalue weighted by Crippen LogP contribution is -2.49. The number of piperazine rings is 1. The molecular formula is C27H33N5O2S. The molecular weight excluding hydrogens is 458 g/mol. The van der Waals surface area contributed by atoms with Crippen molar-refractivity contribution in [1.82, 2.24) is 25.0 Å². The maximum Gasteiger partial charge on any atom is 0.121 e. The third-order valence-electron chi connectivity index (χ3n) is 6.55. The van der Waals surface area contributed by atoms with E-state index >= 15 is 0 Å². The second kappa shape index (κ2) is 11.3. The first-order valence-corrected chi connectivity index (χ1v) is 13.2. The van der Waals surface area contributed by atoms with Crippen molar-refractivity contribution in [3.8, 4) is 16.9 Å². The third-order valence-corrected chi connectivity index (χ3v) is 7.73. The Balaban J connectivity index is 1.04. The second-order valence-corrected chi connectivity index (χ2v) is 10.2. The Morgan fingerprint density at radius 1 is 1.09 bits per heavy atom. The molecule has 5 rings (SSSR count). The van der Waals surface area contributed by atoms with Gasteiger partial charge in [0.1, 0.15) is 18.5 Å². The molecule has 2 N–H and O–H groups in total. The van der Waals surface area contributed by atoms with E-state index < -0.39 is 6.10 Å². The number of nitrogens with zero attached hydrogens (tertiary/aromatic N) is 4. The minimum Gasteiger partial charge on any atom is -0.491 e. The molecule has 1 aliphatic heterocycles. The Bertz CT molecular complexity index is 1220. The first kappa shape index (κ1) is 23.9. The Hall–Kier alpha value is -2.78. The number of aryl methyl sites for hydroxylation is 1. The number of fused-ring (bicyclic) bond motifs is 1. The van der Waals surface area contributed by atoms with Gasteiger partial charge in [-0.25, -0.2) is 4.98 Å². The van der Waals surface area contributed by atoms with Crippen LogP contribution in [0.15, 0.2) is 54.7 Å². The molecule has 8 heteroatoms. The van der Waals surface area contributed by atoms with E-state index in [9.17, 15) is 5.11 Å². The molecule has 0 radical (unpaired) electrons. The Morgan fingerprint density at radius 2 is 1.89 bits per heavy atom. The Kier molecular flexibility index (Phi) is 7.73. The number of nitrogens with one attached hydrogen (secondary N) is 1. The van der Waals surface area contributed by atoms with Crippen molar-refractivity contribution >= 4 is 21.6 Å². The van der Waals surface area contributed by atoms with Gasteiger partial charge in [0.25, 0.3) is 0 Å². The molecule has 184 valence electrons. The predicted molar refractivity (Wildman–Crippen MR) is 141 cm³/mol. The lowest BCUT2D eigenvalue weighted by atomic mass is 10.0. The summed E-state index contributed by atoms with van der Waals surface area (Å²) in [5.41, 5.74) is 4.48. The minimum atomic E-state index is -0.517. The van der Waals surface area contributed by atoms with Gasteiger partial charge < -0.3 is 14.7 Å². The Labute approximate surface area is 210 Å². The fourth-order valence-corrected chi connectivity index (χ4v) is 5.46. The van der Waals surface area contributed by atoms with Crippen molar-refractivity contribution in [2.75, 3.05) is 45.9 Å². The van der Waals surface area contributed by atoms with Crippen molar-refractivity contribution in [3.05, 3.63) is 65.4 Å². The summed E-state index contributed by atoms with van der Waals surface area (Å²) in [4.78, 5) is 9.44. The van der Waals surface area contributed by atoms with Crippen molar-refractivity contribution in [2.24, 2.45) is 0 Å². The van der Waals surface area contributed by atoms with Gasteiger partial charge in [0, 0.05) is 63.5 Å². The van der Waals surface area contributed by atoms with Crippen molar-refractivity contribution < 1.29 is 9.84 Å². The van der Waals surface area contributed by atoms with Gasteiger partial charge in [-0.3, -0.25) is 10.00 Å². The van der Waals surface area contributed by atoms with Gasteiger partial charge >= 0.3 is 0 Å². The molecule has 2 aromatic carbocycles. The number of rotatable bonds is 10. The summed E-state index contributed by atoms with van der Waals surface area (Å²) < 4.78 is 7.05. The first-order valence-electron chi connectivity index (χ1n) is 12.4. The fourth-order valence-electron chi connectivity index (χ4n) is 4.58. The highest BCUT2D eigenvalue weighted by Crippen LogP contribution is 2.26. The highest BCUT2D eigenvalue weighted by atomic mass is 32.1. The predicted octanol–water partition coefficient (Wildman–Crippen LogP) is 3.85. The lowest BCUT2D eigenvalue weighted by Gasteiger charge is -2.35. The third kappa shape index (κ3) is 6.08. The van der Waals surface area contributed by atoms with Crippen molar-refractivity contribution in [3.63, 3.8) is 0 Å². The summed E-state index contributed by atoms with van der Waals surface area (Å²) >= 11 is 1.72. The quantitative estimate of drug-likeness (QED) is 0.351. The molecule has 0 unspecified atom stereocenters. The topological polar surface area (TPSA) is 77.5 Å². The van der Waals surface area contributed by atoms with Crippen LogP contribution in [0.1, 0.15) is 17.6 Å². The average Bonchev–Trinajstić information content (AvgIpc) is 3.54. The molecule has 0 bridgehead atoms. The number of β-amino-alcohol motifs (C(OH)–C–C–N with tert-alkyl or cyclic N) is 1. The van der Waals surface area contributed by atoms with Crippen LogP contribution >= 0.6 is 11.3 Å². The number of thiazole rings is 1. The molecule has 4 aromatic rings. The normalized spacial score (nSPS) is 16.1. The number of benzene rings is 2. The number of aromatic amines is 1. The number of aliphatic hydroxyl groups excluding tert-OH is 1. The highest BCUT2D eigenvalue weighted by Gasteiger charge is 2.20. The maximum absolute atomic E-state index is 10.5. The maximum atomic E-state index is 10.5. The first-order chi connectivity index (χ1) is 17.2. The van der Waals surface area contributed by atoms with Gasteiger partial charge in [-0.1, -0.05) is 37.3 Å². The molecule has 1 fully saturated rings. The van der Waals surface area contributed by atoms with Gasteiger partial charge in [-0.2, -0.15) is 5.10 Å². The van der Waals surface area contributed by atoms with E-state index in [1.807, 2.05) is 24.4 Å². The number of H-pyrrole nitrogens is 1. The summed E-state index contributed by atoms with van der Waals surface area (Å²) in [6.07, 6.45) is 3.34. The van der Waals surface area contributed by atoms with E-state index in [0.29, 0.717) is 6.54 Å². The molecule has 0 saturated carbocycles. The van der Waals surface area contributed by atoms with Crippen LogP contribution in [0.25, 0.3) is 21.3 Å². The molecule has 0 spiro atoms. The zero-order valence-electron chi connectivity index (χ0n) is 20.2. The molecule has 2 aromatic heterocycles. The monoisotopic (exact) mass is 491 g/mol. The SMILES string of the molecule is CCc1nc2cc(OC[C@H](O)CN3CCN(CCc4n[nH]cc4-c4ccccc4)CC3)ccc2s1. The van der Waals surface area contributed by atoms with Gasteiger partial charge in [-0.15, -0.1) is 11.3 Å². The molecule has 35 heavy (non-hydrogen) atoms. The second-order valence-electron chi connectivity index (χ2n) is 9.06. The van der Waals surface area contributed by atoms with Gasteiger partial charge in [0.15, 0.2) is 0 Å². The number of aliphatic hydroxyl groups is 1. The summed E-state index contributed by atoms with van der Waals surface area (Å²) in [6.45, 7) is 7.93. The number of aromatic nitrogens is 3. The summed E-state index contributed by atoms with van der Waals surface area (Å²) in [5.74, 6) is 0.766. The Morgan fingerprint density at radius 3 is 2.69 bits per heavy atom. The van der Waals surface area contributed by atoms with Crippen LogP contribution in [0.3, 0.4) is 0 Å². The molecule has 7 nitrogen and oxygen atoms in total. The van der Waals surface area contributed by atoms with Crippen LogP contribution in [-0.2, 0) is 12.8 Å². The van der Waals surface area contributed by atoms with Crippen LogP contribution < -0.4 is 4.74 Å². The van der Waals surface area contributed by atoms with Crippen LogP contribution in [0.4, 0.5) is 0 Å². The fraction of sp³-hybridized carbons (Fsp3) is 0.407. The molecule has 1 aliphatic rings. The highest BCUT2D eigenvalue weighted by molar-refractivity contribution is 7.18. The van der Waals surface area contributed by atoms with Crippen LogP contribution in [-0.4, -0.2) is 82.1 Å². The molecule has 1 atom stereocenters. The summed E-state index contributed by atoms with van der Waals surface area (Å²) in [7, 11) is 0. The number of hydrogen-bond acceptors (Lipinski definition) is 7. The number of hydrogen-bond donors (Lipinski definition) is 2. The standard InChI is InChI=1S/C27H33N5O2S/c1-2-27-29-25-16-22(8-9-26(25)35-27)34-19-21(33)18-32-14-12-31(13-15-32)11-10-24-23(17-28-30-24)20-6-4-3-5-7-20/h3-9,16-17,21,33H,2,10-15,18-19H2,1H3,(H,28,30)/t21-/m1/s1. The molecule has 3 heterocycles. The van der Waals surface area contributed by atoms with E-state index in [-0.39, 0.29) is 6.61 Å². The minimum absolute atomic E-state index is 0.290. The molecule has 1 saturated heterocycles. The molecule has 0 amide bonds. The molecule has 0 aliphatic carbocycles. The van der Waals surface area contributed by atoms with E-state index in [2.05, 4.69) is 62.2 Å². The number of ether oxygens (including phenoxy) is 1. The van der Waals surface area contributed by atoms with Crippen molar-refractivity contribution in [2.45, 2.75) is 25.9 Å². The average molecular weight is 492 g/mol. The zero-order valence-corrected chi connectivity index (χ0v) is 21.0. The van der Waals surface area contributed by atoms with Gasteiger partial charge in [0.05, 0.1) is 20.9 Å². The lowest BCUT2D eigenvalue weighted by molar-refractivity contribution is 0.0463. The summed E-state index contributed by atoms with van der Waals surface area (Å²) in [6, 6.07) is 16.4.